The minimum atomic E-state index is 0.666. The van der Waals surface area contributed by atoms with Gasteiger partial charge < -0.3 is 10.5 Å². The van der Waals surface area contributed by atoms with E-state index < -0.39 is 0 Å². The highest BCUT2D eigenvalue weighted by atomic mass is 32.2. The Labute approximate surface area is 122 Å². The highest BCUT2D eigenvalue weighted by Crippen LogP contribution is 2.32. The molecule has 2 N–H and O–H groups in total. The monoisotopic (exact) mass is 294 g/mol. The molecule has 1 heterocycles. The van der Waals surface area contributed by atoms with Gasteiger partial charge in [-0.2, -0.15) is 0 Å². The molecule has 102 valence electrons. The van der Waals surface area contributed by atoms with Crippen LogP contribution in [-0.2, 0) is 5.75 Å². The number of ether oxygens (including phenoxy) is 1. The van der Waals surface area contributed by atoms with Crippen LogP contribution in [0.5, 0.6) is 5.75 Å². The number of nitrogens with two attached hydrogens (primary N) is 1. The topological polar surface area (TPSA) is 48.1 Å². The maximum atomic E-state index is 5.99. The van der Waals surface area contributed by atoms with Crippen molar-refractivity contribution < 1.29 is 4.74 Å². The van der Waals surface area contributed by atoms with Crippen molar-refractivity contribution in [2.24, 2.45) is 0 Å². The fraction of sp³-hybridized carbons (Fsp3) is 0.357. The zero-order chi connectivity index (χ0) is 13.8. The molecule has 0 spiro atoms. The highest BCUT2D eigenvalue weighted by Gasteiger charge is 2.07. The number of benzene rings is 1. The first-order valence-electron chi connectivity index (χ1n) is 6.18. The van der Waals surface area contributed by atoms with Gasteiger partial charge in [0.05, 0.1) is 18.1 Å². The maximum absolute atomic E-state index is 5.99. The Bertz CT molecular complexity index is 547. The molecule has 0 aliphatic heterocycles. The van der Waals surface area contributed by atoms with Crippen molar-refractivity contribution in [1.29, 1.82) is 0 Å². The number of aryl methyl sites for hydroxylation is 2. The molecule has 0 bridgehead atoms. The van der Waals surface area contributed by atoms with Crippen molar-refractivity contribution in [1.82, 2.24) is 4.98 Å². The van der Waals surface area contributed by atoms with Crippen molar-refractivity contribution >= 4 is 28.8 Å². The van der Waals surface area contributed by atoms with Gasteiger partial charge in [-0.25, -0.2) is 4.98 Å². The summed E-state index contributed by atoms with van der Waals surface area (Å²) in [4.78, 5) is 6.88. The molecule has 0 fully saturated rings. The molecule has 1 aromatic carbocycles. The molecule has 0 saturated heterocycles. The lowest BCUT2D eigenvalue weighted by Crippen LogP contribution is -1.94. The summed E-state index contributed by atoms with van der Waals surface area (Å²) in [5, 5.41) is 1.14. The highest BCUT2D eigenvalue weighted by molar-refractivity contribution is 7.98. The number of aromatic nitrogens is 1. The van der Waals surface area contributed by atoms with Crippen LogP contribution in [0.1, 0.15) is 22.5 Å². The molecule has 0 saturated carbocycles. The summed E-state index contributed by atoms with van der Waals surface area (Å²) in [6.07, 6.45) is 0. The van der Waals surface area contributed by atoms with Crippen molar-refractivity contribution in [2.75, 3.05) is 12.3 Å². The molecule has 0 radical (unpaired) electrons. The standard InChI is InChI=1S/C14H18N2OS2/c1-4-17-11-5-6-12(15)13(7-11)18-8-14-16-9(2)10(3)19-14/h5-7H,4,8,15H2,1-3H3. The summed E-state index contributed by atoms with van der Waals surface area (Å²) in [6, 6.07) is 5.79. The number of nitrogen functional groups attached to an aromatic ring is 1. The van der Waals surface area contributed by atoms with E-state index in [1.165, 1.54) is 4.88 Å². The number of nitrogens with zero attached hydrogens (tertiary/aromatic N) is 1. The van der Waals surface area contributed by atoms with E-state index in [1.807, 2.05) is 32.0 Å². The van der Waals surface area contributed by atoms with Crippen LogP contribution in [0.25, 0.3) is 0 Å². The molecule has 2 rings (SSSR count). The first kappa shape index (κ1) is 14.2. The summed E-state index contributed by atoms with van der Waals surface area (Å²) < 4.78 is 5.49. The number of anilines is 1. The SMILES string of the molecule is CCOc1ccc(N)c(SCc2nc(C)c(C)s2)c1. The average Bonchev–Trinajstić information content (AvgIpc) is 2.70. The zero-order valence-corrected chi connectivity index (χ0v) is 13.0. The second-order valence-corrected chi connectivity index (χ2v) is 6.48. The Balaban J connectivity index is 2.07. The molecule has 0 aliphatic carbocycles. The fourth-order valence-corrected chi connectivity index (χ4v) is 3.56. The molecule has 2 aromatic rings. The van der Waals surface area contributed by atoms with Gasteiger partial charge in [-0.05, 0) is 39.0 Å². The van der Waals surface area contributed by atoms with Gasteiger partial charge in [-0.3, -0.25) is 0 Å². The van der Waals surface area contributed by atoms with E-state index >= 15 is 0 Å². The second kappa shape index (κ2) is 6.30. The predicted octanol–water partition coefficient (Wildman–Crippen LogP) is 4.03. The van der Waals surface area contributed by atoms with Crippen molar-refractivity contribution in [3.05, 3.63) is 33.8 Å². The van der Waals surface area contributed by atoms with Crippen molar-refractivity contribution in [3.63, 3.8) is 0 Å². The van der Waals surface area contributed by atoms with Gasteiger partial charge in [0.15, 0.2) is 0 Å². The van der Waals surface area contributed by atoms with Crippen molar-refractivity contribution in [2.45, 2.75) is 31.4 Å². The molecule has 19 heavy (non-hydrogen) atoms. The second-order valence-electron chi connectivity index (χ2n) is 4.17. The van der Waals surface area contributed by atoms with Gasteiger partial charge in [0, 0.05) is 15.5 Å². The molecule has 3 nitrogen and oxygen atoms in total. The lowest BCUT2D eigenvalue weighted by Gasteiger charge is -2.08. The quantitative estimate of drug-likeness (QED) is 0.668. The van der Waals surface area contributed by atoms with Gasteiger partial charge >= 0.3 is 0 Å². The Kier molecular flexibility index (Phi) is 4.71. The summed E-state index contributed by atoms with van der Waals surface area (Å²) >= 11 is 3.46. The molecule has 5 heteroatoms. The van der Waals surface area contributed by atoms with Gasteiger partial charge in [0.2, 0.25) is 0 Å². The van der Waals surface area contributed by atoms with E-state index in [4.69, 9.17) is 10.5 Å². The molecular weight excluding hydrogens is 276 g/mol. The first-order valence-corrected chi connectivity index (χ1v) is 7.98. The van der Waals surface area contributed by atoms with Crippen LogP contribution in [0.3, 0.4) is 0 Å². The van der Waals surface area contributed by atoms with Gasteiger partial charge in [0.1, 0.15) is 10.8 Å². The van der Waals surface area contributed by atoms with E-state index in [1.54, 1.807) is 23.1 Å². The summed E-state index contributed by atoms with van der Waals surface area (Å²) in [5.41, 5.74) is 7.90. The number of thiazole rings is 1. The summed E-state index contributed by atoms with van der Waals surface area (Å²) in [5.74, 6) is 1.71. The molecule has 0 amide bonds. The summed E-state index contributed by atoms with van der Waals surface area (Å²) in [7, 11) is 0. The predicted molar refractivity (Wildman–Crippen MR) is 83.2 cm³/mol. The number of rotatable bonds is 5. The maximum Gasteiger partial charge on any atom is 0.120 e. The van der Waals surface area contributed by atoms with Crippen LogP contribution in [0.2, 0.25) is 0 Å². The lowest BCUT2D eigenvalue weighted by molar-refractivity contribution is 0.339. The van der Waals surface area contributed by atoms with E-state index in [-0.39, 0.29) is 0 Å². The summed E-state index contributed by atoms with van der Waals surface area (Å²) in [6.45, 7) is 6.79. The lowest BCUT2D eigenvalue weighted by atomic mass is 10.3. The van der Waals surface area contributed by atoms with Crippen LogP contribution < -0.4 is 10.5 Å². The average molecular weight is 294 g/mol. The van der Waals surface area contributed by atoms with Crippen LogP contribution in [0.15, 0.2) is 23.1 Å². The third-order valence-electron chi connectivity index (χ3n) is 2.72. The Morgan fingerprint density at radius 2 is 2.16 bits per heavy atom. The Hall–Kier alpha value is -1.20. The number of hydrogen-bond acceptors (Lipinski definition) is 5. The molecular formula is C14H18N2OS2. The van der Waals surface area contributed by atoms with E-state index in [9.17, 15) is 0 Å². The molecule has 0 atom stereocenters. The van der Waals surface area contributed by atoms with Gasteiger partial charge in [0.25, 0.3) is 0 Å². The van der Waals surface area contributed by atoms with E-state index in [0.717, 1.165) is 32.8 Å². The van der Waals surface area contributed by atoms with Crippen LogP contribution >= 0.6 is 23.1 Å². The third-order valence-corrected chi connectivity index (χ3v) is 5.06. The van der Waals surface area contributed by atoms with Gasteiger partial charge in [-0.1, -0.05) is 0 Å². The first-order chi connectivity index (χ1) is 9.10. The normalized spacial score (nSPS) is 10.7. The third kappa shape index (κ3) is 3.64. The molecule has 0 aliphatic rings. The largest absolute Gasteiger partial charge is 0.494 e. The van der Waals surface area contributed by atoms with Crippen molar-refractivity contribution in [3.8, 4) is 5.75 Å². The van der Waals surface area contributed by atoms with Crippen LogP contribution in [0, 0.1) is 13.8 Å². The smallest absolute Gasteiger partial charge is 0.120 e. The molecule has 1 aromatic heterocycles. The molecule has 0 unspecified atom stereocenters. The zero-order valence-electron chi connectivity index (χ0n) is 11.4. The Morgan fingerprint density at radius 3 is 2.79 bits per heavy atom. The minimum absolute atomic E-state index is 0.666. The van der Waals surface area contributed by atoms with E-state index in [2.05, 4.69) is 11.9 Å². The van der Waals surface area contributed by atoms with Gasteiger partial charge in [-0.15, -0.1) is 23.1 Å². The minimum Gasteiger partial charge on any atom is -0.494 e. The van der Waals surface area contributed by atoms with E-state index in [0.29, 0.717) is 6.61 Å². The fourth-order valence-electron chi connectivity index (χ4n) is 1.64. The Morgan fingerprint density at radius 1 is 1.37 bits per heavy atom. The number of hydrogen-bond donors (Lipinski definition) is 1. The number of thioether (sulfide) groups is 1. The van der Waals surface area contributed by atoms with Crippen LogP contribution in [0.4, 0.5) is 5.69 Å². The van der Waals surface area contributed by atoms with Crippen LogP contribution in [-0.4, -0.2) is 11.6 Å².